The molecule has 0 bridgehead atoms. The molecule has 1 amide bonds. The van der Waals surface area contributed by atoms with Crippen molar-refractivity contribution in [2.45, 2.75) is 13.0 Å². The van der Waals surface area contributed by atoms with Crippen molar-refractivity contribution < 1.29 is 9.53 Å². The summed E-state index contributed by atoms with van der Waals surface area (Å²) in [5.41, 5.74) is 3.78. The van der Waals surface area contributed by atoms with Gasteiger partial charge in [-0.05, 0) is 42.3 Å². The Morgan fingerprint density at radius 2 is 1.63 bits per heavy atom. The maximum absolute atomic E-state index is 12.6. The van der Waals surface area contributed by atoms with Crippen molar-refractivity contribution in [2.24, 2.45) is 7.05 Å². The van der Waals surface area contributed by atoms with E-state index >= 15 is 0 Å². The highest BCUT2D eigenvalue weighted by atomic mass is 16.5. The van der Waals surface area contributed by atoms with Gasteiger partial charge in [-0.2, -0.15) is 0 Å². The Bertz CT molecular complexity index is 1140. The van der Waals surface area contributed by atoms with Crippen LogP contribution in [0.4, 0.5) is 5.69 Å². The summed E-state index contributed by atoms with van der Waals surface area (Å²) in [5, 5.41) is 10.9. The van der Waals surface area contributed by atoms with Crippen LogP contribution in [-0.4, -0.2) is 26.8 Å². The molecule has 1 heterocycles. The van der Waals surface area contributed by atoms with Gasteiger partial charge in [-0.3, -0.25) is 4.79 Å². The Kier molecular flexibility index (Phi) is 5.57. The number of hydrogen-bond donors (Lipinski definition) is 1. The molecule has 0 aliphatic carbocycles. The normalized spacial score (nSPS) is 11.7. The molecule has 0 spiro atoms. The summed E-state index contributed by atoms with van der Waals surface area (Å²) in [5.74, 6) is 1.15. The summed E-state index contributed by atoms with van der Waals surface area (Å²) < 4.78 is 7.65. The van der Waals surface area contributed by atoms with Gasteiger partial charge in [0.2, 0.25) is 0 Å². The molecule has 0 unspecified atom stereocenters. The van der Waals surface area contributed by atoms with Gasteiger partial charge in [0.05, 0.1) is 0 Å². The molecule has 6 heteroatoms. The van der Waals surface area contributed by atoms with Crippen LogP contribution in [0.25, 0.3) is 22.5 Å². The van der Waals surface area contributed by atoms with E-state index < -0.39 is 6.10 Å². The molecule has 0 aliphatic rings. The number of carbonyl (C=O) groups excluding carboxylic acids is 1. The first kappa shape index (κ1) is 19.4. The van der Waals surface area contributed by atoms with E-state index in [0.29, 0.717) is 11.4 Å². The Balaban J connectivity index is 1.40. The standard InChI is InChI=1S/C24H22N4O2/c1-17(30-22-13-11-19(12-14-22)18-7-4-3-5-8-18)24(29)26-21-10-6-9-20(15-21)23-27-25-16-28(23)2/h3-17H,1-2H3,(H,26,29)/t17-/m1/s1. The summed E-state index contributed by atoms with van der Waals surface area (Å²) in [4.78, 5) is 12.6. The fourth-order valence-corrected chi connectivity index (χ4v) is 3.14. The van der Waals surface area contributed by atoms with E-state index in [0.717, 1.165) is 22.5 Å². The van der Waals surface area contributed by atoms with Crippen LogP contribution in [0.1, 0.15) is 6.92 Å². The van der Waals surface area contributed by atoms with E-state index in [-0.39, 0.29) is 5.91 Å². The van der Waals surface area contributed by atoms with Crippen LogP contribution in [0, 0.1) is 0 Å². The molecule has 0 saturated carbocycles. The summed E-state index contributed by atoms with van der Waals surface area (Å²) >= 11 is 0. The second-order valence-corrected chi connectivity index (χ2v) is 6.99. The molecular formula is C24H22N4O2. The van der Waals surface area contributed by atoms with Crippen LogP contribution in [0.15, 0.2) is 85.2 Å². The maximum atomic E-state index is 12.6. The van der Waals surface area contributed by atoms with Crippen LogP contribution in [0.2, 0.25) is 0 Å². The van der Waals surface area contributed by atoms with E-state index in [1.54, 1.807) is 13.3 Å². The highest BCUT2D eigenvalue weighted by molar-refractivity contribution is 5.94. The number of ether oxygens (including phenoxy) is 1. The monoisotopic (exact) mass is 398 g/mol. The number of hydrogen-bond acceptors (Lipinski definition) is 4. The molecule has 6 nitrogen and oxygen atoms in total. The highest BCUT2D eigenvalue weighted by Crippen LogP contribution is 2.23. The average Bonchev–Trinajstić information content (AvgIpc) is 3.21. The van der Waals surface area contributed by atoms with Gasteiger partial charge in [0.15, 0.2) is 11.9 Å². The van der Waals surface area contributed by atoms with Gasteiger partial charge in [-0.25, -0.2) is 0 Å². The maximum Gasteiger partial charge on any atom is 0.265 e. The van der Waals surface area contributed by atoms with Gasteiger partial charge in [0.1, 0.15) is 12.1 Å². The zero-order chi connectivity index (χ0) is 20.9. The minimum absolute atomic E-state index is 0.225. The molecule has 4 rings (SSSR count). The topological polar surface area (TPSA) is 69.0 Å². The Morgan fingerprint density at radius 3 is 2.33 bits per heavy atom. The third kappa shape index (κ3) is 4.38. The van der Waals surface area contributed by atoms with Crippen molar-refractivity contribution in [1.82, 2.24) is 14.8 Å². The smallest absolute Gasteiger partial charge is 0.265 e. The number of amides is 1. The largest absolute Gasteiger partial charge is 0.481 e. The average molecular weight is 398 g/mol. The van der Waals surface area contributed by atoms with Crippen molar-refractivity contribution in [3.05, 3.63) is 85.2 Å². The minimum Gasteiger partial charge on any atom is -0.481 e. The molecule has 4 aromatic rings. The van der Waals surface area contributed by atoms with E-state index in [9.17, 15) is 4.79 Å². The molecule has 0 aliphatic heterocycles. The number of aromatic nitrogens is 3. The SMILES string of the molecule is C[C@@H](Oc1ccc(-c2ccccc2)cc1)C(=O)Nc1cccc(-c2nncn2C)c1. The molecule has 0 saturated heterocycles. The lowest BCUT2D eigenvalue weighted by atomic mass is 10.1. The molecule has 30 heavy (non-hydrogen) atoms. The predicted molar refractivity (Wildman–Crippen MR) is 117 cm³/mol. The van der Waals surface area contributed by atoms with Crippen LogP contribution in [0.5, 0.6) is 5.75 Å². The molecular weight excluding hydrogens is 376 g/mol. The first-order valence-electron chi connectivity index (χ1n) is 9.67. The zero-order valence-corrected chi connectivity index (χ0v) is 16.8. The molecule has 0 fully saturated rings. The van der Waals surface area contributed by atoms with Crippen LogP contribution in [0.3, 0.4) is 0 Å². The molecule has 150 valence electrons. The molecule has 1 atom stereocenters. The van der Waals surface area contributed by atoms with Crippen LogP contribution in [-0.2, 0) is 11.8 Å². The lowest BCUT2D eigenvalue weighted by Gasteiger charge is -2.15. The zero-order valence-electron chi connectivity index (χ0n) is 16.8. The van der Waals surface area contributed by atoms with Crippen molar-refractivity contribution in [3.8, 4) is 28.3 Å². The summed E-state index contributed by atoms with van der Waals surface area (Å²) in [6, 6.07) is 25.3. The third-order valence-electron chi connectivity index (χ3n) is 4.74. The number of benzene rings is 3. The first-order valence-corrected chi connectivity index (χ1v) is 9.67. The number of nitrogens with one attached hydrogen (secondary N) is 1. The van der Waals surface area contributed by atoms with Crippen molar-refractivity contribution in [1.29, 1.82) is 0 Å². The van der Waals surface area contributed by atoms with Gasteiger partial charge < -0.3 is 14.6 Å². The first-order chi connectivity index (χ1) is 14.6. The second-order valence-electron chi connectivity index (χ2n) is 6.99. The van der Waals surface area contributed by atoms with Crippen LogP contribution < -0.4 is 10.1 Å². The fourth-order valence-electron chi connectivity index (χ4n) is 3.14. The van der Waals surface area contributed by atoms with Crippen molar-refractivity contribution in [2.75, 3.05) is 5.32 Å². The van der Waals surface area contributed by atoms with E-state index in [1.807, 2.05) is 78.3 Å². The predicted octanol–water partition coefficient (Wildman–Crippen LogP) is 4.56. The summed E-state index contributed by atoms with van der Waals surface area (Å²) in [6.45, 7) is 1.73. The van der Waals surface area contributed by atoms with Gasteiger partial charge in [-0.1, -0.05) is 54.6 Å². The number of carbonyl (C=O) groups is 1. The third-order valence-corrected chi connectivity index (χ3v) is 4.74. The van der Waals surface area contributed by atoms with Gasteiger partial charge >= 0.3 is 0 Å². The second kappa shape index (κ2) is 8.61. The Hall–Kier alpha value is -3.93. The Labute approximate surface area is 175 Å². The van der Waals surface area contributed by atoms with Crippen molar-refractivity contribution >= 4 is 11.6 Å². The van der Waals surface area contributed by atoms with E-state index in [4.69, 9.17) is 4.74 Å². The van der Waals surface area contributed by atoms with E-state index in [2.05, 4.69) is 27.6 Å². The highest BCUT2D eigenvalue weighted by Gasteiger charge is 2.16. The lowest BCUT2D eigenvalue weighted by Crippen LogP contribution is -2.30. The lowest BCUT2D eigenvalue weighted by molar-refractivity contribution is -0.122. The summed E-state index contributed by atoms with van der Waals surface area (Å²) in [6.07, 6.45) is 0.991. The van der Waals surface area contributed by atoms with Gasteiger partial charge in [0.25, 0.3) is 5.91 Å². The van der Waals surface area contributed by atoms with E-state index in [1.165, 1.54) is 0 Å². The Morgan fingerprint density at radius 1 is 0.933 bits per heavy atom. The molecule has 0 radical (unpaired) electrons. The van der Waals surface area contributed by atoms with Crippen LogP contribution >= 0.6 is 0 Å². The molecule has 3 aromatic carbocycles. The molecule has 1 N–H and O–H groups in total. The molecule has 1 aromatic heterocycles. The number of aryl methyl sites for hydroxylation is 1. The van der Waals surface area contributed by atoms with Gasteiger partial charge in [-0.15, -0.1) is 10.2 Å². The fraction of sp³-hybridized carbons (Fsp3) is 0.125. The summed E-state index contributed by atoms with van der Waals surface area (Å²) in [7, 11) is 1.87. The number of nitrogens with zero attached hydrogens (tertiary/aromatic N) is 3. The van der Waals surface area contributed by atoms with Crippen molar-refractivity contribution in [3.63, 3.8) is 0 Å². The number of anilines is 1. The minimum atomic E-state index is -0.647. The number of rotatable bonds is 6. The van der Waals surface area contributed by atoms with Gasteiger partial charge in [0, 0.05) is 18.3 Å². The quantitative estimate of drug-likeness (QED) is 0.517.